The molecule has 0 bridgehead atoms. The zero-order valence-electron chi connectivity index (χ0n) is 11.5. The SMILES string of the molecule is CC(C)C1(O)CN(C(=O)CSCc2ccccc2)C1. The monoisotopic (exact) mass is 279 g/mol. The first kappa shape index (κ1) is 14.4. The predicted octanol–water partition coefficient (Wildman–Crippen LogP) is 2.15. The largest absolute Gasteiger partial charge is 0.386 e. The van der Waals surface area contributed by atoms with Crippen LogP contribution in [-0.4, -0.2) is 40.4 Å². The third-order valence-electron chi connectivity index (χ3n) is 3.69. The number of carbonyl (C=O) groups excluding carboxylic acids is 1. The zero-order valence-corrected chi connectivity index (χ0v) is 12.3. The smallest absolute Gasteiger partial charge is 0.232 e. The second kappa shape index (κ2) is 5.97. The maximum atomic E-state index is 11.9. The highest BCUT2D eigenvalue weighted by molar-refractivity contribution is 7.99. The summed E-state index contributed by atoms with van der Waals surface area (Å²) in [4.78, 5) is 13.7. The van der Waals surface area contributed by atoms with Gasteiger partial charge in [-0.05, 0) is 11.5 Å². The van der Waals surface area contributed by atoms with Crippen LogP contribution in [-0.2, 0) is 10.5 Å². The lowest BCUT2D eigenvalue weighted by atomic mass is 9.83. The van der Waals surface area contributed by atoms with Gasteiger partial charge in [-0.2, -0.15) is 0 Å². The summed E-state index contributed by atoms with van der Waals surface area (Å²) in [7, 11) is 0. The van der Waals surface area contributed by atoms with Crippen LogP contribution >= 0.6 is 11.8 Å². The summed E-state index contributed by atoms with van der Waals surface area (Å²) in [5.74, 6) is 1.68. The van der Waals surface area contributed by atoms with Gasteiger partial charge in [0.2, 0.25) is 5.91 Å². The minimum Gasteiger partial charge on any atom is -0.386 e. The van der Waals surface area contributed by atoms with Crippen molar-refractivity contribution in [3.63, 3.8) is 0 Å². The summed E-state index contributed by atoms with van der Waals surface area (Å²) in [6.45, 7) is 4.95. The molecule has 1 saturated heterocycles. The highest BCUT2D eigenvalue weighted by Crippen LogP contribution is 2.29. The van der Waals surface area contributed by atoms with Gasteiger partial charge in [0.05, 0.1) is 18.8 Å². The summed E-state index contributed by atoms with van der Waals surface area (Å²) in [6.07, 6.45) is 0. The molecule has 2 rings (SSSR count). The second-order valence-electron chi connectivity index (χ2n) is 5.49. The molecule has 0 atom stereocenters. The molecule has 1 aliphatic rings. The van der Waals surface area contributed by atoms with Crippen LogP contribution in [0.15, 0.2) is 30.3 Å². The Bertz CT molecular complexity index is 427. The van der Waals surface area contributed by atoms with E-state index in [1.165, 1.54) is 5.56 Å². The van der Waals surface area contributed by atoms with Crippen LogP contribution in [0.4, 0.5) is 0 Å². The molecule has 1 aliphatic heterocycles. The fraction of sp³-hybridized carbons (Fsp3) is 0.533. The summed E-state index contributed by atoms with van der Waals surface area (Å²) >= 11 is 1.63. The number of benzene rings is 1. The first-order valence-electron chi connectivity index (χ1n) is 6.63. The van der Waals surface area contributed by atoms with E-state index in [2.05, 4.69) is 12.1 Å². The normalized spacial score (nSPS) is 17.4. The Morgan fingerprint density at radius 2 is 2.00 bits per heavy atom. The Morgan fingerprint density at radius 1 is 1.37 bits per heavy atom. The van der Waals surface area contributed by atoms with E-state index >= 15 is 0 Å². The first-order chi connectivity index (χ1) is 9.01. The van der Waals surface area contributed by atoms with Crippen molar-refractivity contribution in [2.75, 3.05) is 18.8 Å². The van der Waals surface area contributed by atoms with Crippen LogP contribution in [0, 0.1) is 5.92 Å². The van der Waals surface area contributed by atoms with Crippen molar-refractivity contribution < 1.29 is 9.90 Å². The number of aliphatic hydroxyl groups is 1. The van der Waals surface area contributed by atoms with E-state index in [0.717, 1.165) is 5.75 Å². The number of nitrogens with zero attached hydrogens (tertiary/aromatic N) is 1. The van der Waals surface area contributed by atoms with Gasteiger partial charge in [0.15, 0.2) is 0 Å². The fourth-order valence-electron chi connectivity index (χ4n) is 2.08. The van der Waals surface area contributed by atoms with Crippen molar-refractivity contribution in [2.45, 2.75) is 25.2 Å². The Morgan fingerprint density at radius 3 is 2.58 bits per heavy atom. The summed E-state index contributed by atoms with van der Waals surface area (Å²) in [6, 6.07) is 10.1. The van der Waals surface area contributed by atoms with E-state index in [4.69, 9.17) is 0 Å². The number of rotatable bonds is 5. The fourth-order valence-corrected chi connectivity index (χ4v) is 2.97. The van der Waals surface area contributed by atoms with E-state index in [9.17, 15) is 9.90 Å². The number of carbonyl (C=O) groups is 1. The molecule has 1 aromatic carbocycles. The molecule has 0 aliphatic carbocycles. The molecule has 0 unspecified atom stereocenters. The second-order valence-corrected chi connectivity index (χ2v) is 6.47. The zero-order chi connectivity index (χ0) is 13.9. The lowest BCUT2D eigenvalue weighted by Gasteiger charge is -2.49. The van der Waals surface area contributed by atoms with Crippen molar-refractivity contribution in [1.29, 1.82) is 0 Å². The summed E-state index contributed by atoms with van der Waals surface area (Å²) < 4.78 is 0. The van der Waals surface area contributed by atoms with Gasteiger partial charge in [0.25, 0.3) is 0 Å². The molecule has 1 N–H and O–H groups in total. The molecule has 1 aromatic rings. The minimum atomic E-state index is -0.667. The van der Waals surface area contributed by atoms with Crippen LogP contribution < -0.4 is 0 Å². The van der Waals surface area contributed by atoms with E-state index in [0.29, 0.717) is 18.8 Å². The molecule has 0 aromatic heterocycles. The standard InChI is InChI=1S/C15H21NO2S/c1-12(2)15(18)10-16(11-15)14(17)9-19-8-13-6-4-3-5-7-13/h3-7,12,18H,8-11H2,1-2H3. The van der Waals surface area contributed by atoms with Crippen LogP contribution in [0.5, 0.6) is 0 Å². The van der Waals surface area contributed by atoms with E-state index < -0.39 is 5.60 Å². The molecule has 1 amide bonds. The Hall–Kier alpha value is -1.00. The van der Waals surface area contributed by atoms with Crippen LogP contribution in [0.2, 0.25) is 0 Å². The third-order valence-corrected chi connectivity index (χ3v) is 4.68. The first-order valence-corrected chi connectivity index (χ1v) is 7.78. The predicted molar refractivity (Wildman–Crippen MR) is 79.0 cm³/mol. The van der Waals surface area contributed by atoms with E-state index in [1.54, 1.807) is 16.7 Å². The lowest BCUT2D eigenvalue weighted by molar-refractivity contribution is -0.161. The van der Waals surface area contributed by atoms with Gasteiger partial charge in [0.1, 0.15) is 5.60 Å². The molecule has 1 fully saturated rings. The maximum Gasteiger partial charge on any atom is 0.232 e. The Kier molecular flexibility index (Phi) is 4.53. The maximum absolute atomic E-state index is 11.9. The van der Waals surface area contributed by atoms with Gasteiger partial charge in [-0.25, -0.2) is 0 Å². The number of likely N-dealkylation sites (tertiary alicyclic amines) is 1. The van der Waals surface area contributed by atoms with E-state index in [1.807, 2.05) is 32.0 Å². The molecular formula is C15H21NO2S. The molecule has 3 nitrogen and oxygen atoms in total. The molecule has 1 heterocycles. The van der Waals surface area contributed by atoms with Gasteiger partial charge in [-0.1, -0.05) is 44.2 Å². The molecule has 0 saturated carbocycles. The topological polar surface area (TPSA) is 40.5 Å². The number of hydrogen-bond acceptors (Lipinski definition) is 3. The van der Waals surface area contributed by atoms with Gasteiger partial charge < -0.3 is 10.0 Å². The molecule has 0 spiro atoms. The van der Waals surface area contributed by atoms with Crippen molar-refractivity contribution in [1.82, 2.24) is 4.90 Å². The van der Waals surface area contributed by atoms with Crippen LogP contribution in [0.3, 0.4) is 0 Å². The van der Waals surface area contributed by atoms with E-state index in [-0.39, 0.29) is 11.8 Å². The summed E-state index contributed by atoms with van der Waals surface area (Å²) in [5.41, 5.74) is 0.572. The molecular weight excluding hydrogens is 258 g/mol. The highest BCUT2D eigenvalue weighted by Gasteiger charge is 2.45. The van der Waals surface area contributed by atoms with Crippen molar-refractivity contribution >= 4 is 17.7 Å². The van der Waals surface area contributed by atoms with Gasteiger partial charge in [0, 0.05) is 5.75 Å². The van der Waals surface area contributed by atoms with Crippen LogP contribution in [0.1, 0.15) is 19.4 Å². The highest BCUT2D eigenvalue weighted by atomic mass is 32.2. The average molecular weight is 279 g/mol. The van der Waals surface area contributed by atoms with Crippen molar-refractivity contribution in [3.05, 3.63) is 35.9 Å². The Labute approximate surface area is 119 Å². The van der Waals surface area contributed by atoms with Gasteiger partial charge in [-0.15, -0.1) is 11.8 Å². The third kappa shape index (κ3) is 3.51. The average Bonchev–Trinajstić information content (AvgIpc) is 2.35. The van der Waals surface area contributed by atoms with Crippen molar-refractivity contribution in [2.24, 2.45) is 5.92 Å². The number of hydrogen-bond donors (Lipinski definition) is 1. The number of β-amino-alcohol motifs (C(OH)–C–C–N with tert-alkyl or cyclic N) is 1. The quantitative estimate of drug-likeness (QED) is 0.898. The van der Waals surface area contributed by atoms with Gasteiger partial charge >= 0.3 is 0 Å². The van der Waals surface area contributed by atoms with Crippen LogP contribution in [0.25, 0.3) is 0 Å². The molecule has 0 radical (unpaired) electrons. The summed E-state index contributed by atoms with van der Waals surface area (Å²) in [5, 5.41) is 10.1. The van der Waals surface area contributed by atoms with Crippen molar-refractivity contribution in [3.8, 4) is 0 Å². The van der Waals surface area contributed by atoms with Gasteiger partial charge in [-0.3, -0.25) is 4.79 Å². The minimum absolute atomic E-state index is 0.131. The molecule has 104 valence electrons. The lowest BCUT2D eigenvalue weighted by Crippen LogP contribution is -2.66. The molecule has 19 heavy (non-hydrogen) atoms. The molecule has 4 heteroatoms. The number of amides is 1. The number of thioether (sulfide) groups is 1. The Balaban J connectivity index is 1.69.